The number of hydrogen-bond donors (Lipinski definition) is 1. The largest absolute Gasteiger partial charge is 0.492 e. The third-order valence-corrected chi connectivity index (χ3v) is 9.40. The lowest BCUT2D eigenvalue weighted by Gasteiger charge is -2.55. The number of alkyl halides is 1. The van der Waals surface area contributed by atoms with Crippen molar-refractivity contribution < 1.29 is 9.13 Å². The maximum atomic E-state index is 12.7. The van der Waals surface area contributed by atoms with Gasteiger partial charge in [0.2, 0.25) is 0 Å². The number of hydrogen-bond acceptors (Lipinski definition) is 3. The zero-order valence-electron chi connectivity index (χ0n) is 20.7. The Balaban J connectivity index is 1.17. The number of rotatable bonds is 7. The number of nitrogens with zero attached hydrogens (tertiary/aromatic N) is 2. The van der Waals surface area contributed by atoms with Crippen molar-refractivity contribution in [3.8, 4) is 5.75 Å². The average molecular weight is 474 g/mol. The van der Waals surface area contributed by atoms with Crippen LogP contribution >= 0.6 is 0 Å². The molecule has 8 rings (SSSR count). The number of fused-ring (bicyclic) bond motifs is 4. The number of aromatic amines is 1. The number of benzene rings is 2. The molecule has 2 aliphatic heterocycles. The van der Waals surface area contributed by atoms with Crippen LogP contribution in [0, 0.1) is 11.8 Å². The number of aromatic nitrogens is 1. The maximum absolute atomic E-state index is 12.7. The Hall–Kier alpha value is -2.37. The third-order valence-electron chi connectivity index (χ3n) is 9.40. The smallest absolute Gasteiger partial charge is 0.119 e. The zero-order valence-corrected chi connectivity index (χ0v) is 20.7. The van der Waals surface area contributed by atoms with Gasteiger partial charge in [-0.1, -0.05) is 30.3 Å². The third kappa shape index (κ3) is 3.54. The first-order chi connectivity index (χ1) is 17.1. The highest BCUT2D eigenvalue weighted by molar-refractivity contribution is 5.85. The summed E-state index contributed by atoms with van der Waals surface area (Å²) in [5, 5.41) is 1.38. The summed E-state index contributed by atoms with van der Waals surface area (Å²) >= 11 is 0. The number of nitrogens with one attached hydrogen (secondary N) is 1. The van der Waals surface area contributed by atoms with Crippen LogP contribution < -0.4 is 4.74 Å². The molecule has 2 atom stereocenters. The lowest BCUT2D eigenvalue weighted by molar-refractivity contribution is -0.0339. The molecule has 4 fully saturated rings. The second-order valence-electron chi connectivity index (χ2n) is 11.7. The van der Waals surface area contributed by atoms with Gasteiger partial charge in [-0.2, -0.15) is 0 Å². The van der Waals surface area contributed by atoms with E-state index in [0.29, 0.717) is 18.2 Å². The minimum Gasteiger partial charge on any atom is -0.492 e. The van der Waals surface area contributed by atoms with E-state index >= 15 is 0 Å². The SMILES string of the molecule is C[C@@H]1Cc2c([nH]c3ccccc23)[C@@H](c2ccc(OCCN3CC(CF)C3)cc2)N1C12CCC(C1)C2. The van der Waals surface area contributed by atoms with Gasteiger partial charge in [0, 0.05) is 53.7 Å². The van der Waals surface area contributed by atoms with Gasteiger partial charge < -0.3 is 9.72 Å². The molecule has 2 bridgehead atoms. The Bertz CT molecular complexity index is 1200. The van der Waals surface area contributed by atoms with E-state index < -0.39 is 0 Å². The average Bonchev–Trinajstić information content (AvgIpc) is 3.53. The Morgan fingerprint density at radius 2 is 1.89 bits per heavy atom. The van der Waals surface area contributed by atoms with Crippen LogP contribution in [-0.4, -0.2) is 59.3 Å². The van der Waals surface area contributed by atoms with Gasteiger partial charge in [0.15, 0.2) is 0 Å². The Morgan fingerprint density at radius 3 is 2.63 bits per heavy atom. The van der Waals surface area contributed by atoms with E-state index in [9.17, 15) is 4.39 Å². The van der Waals surface area contributed by atoms with Crippen LogP contribution in [0.15, 0.2) is 48.5 Å². The number of halogens is 1. The van der Waals surface area contributed by atoms with Crippen molar-refractivity contribution >= 4 is 10.9 Å². The van der Waals surface area contributed by atoms with Crippen molar-refractivity contribution in [3.05, 3.63) is 65.4 Å². The molecule has 2 aromatic carbocycles. The van der Waals surface area contributed by atoms with E-state index in [0.717, 1.165) is 37.7 Å². The molecule has 35 heavy (non-hydrogen) atoms. The van der Waals surface area contributed by atoms with Gasteiger partial charge in [0.05, 0.1) is 12.7 Å². The fourth-order valence-corrected chi connectivity index (χ4v) is 7.76. The van der Waals surface area contributed by atoms with Crippen molar-refractivity contribution in [2.24, 2.45) is 11.8 Å². The second kappa shape index (κ2) is 8.35. The van der Waals surface area contributed by atoms with Gasteiger partial charge in [-0.3, -0.25) is 14.2 Å². The molecule has 3 aliphatic carbocycles. The van der Waals surface area contributed by atoms with E-state index in [2.05, 4.69) is 70.2 Å². The predicted molar refractivity (Wildman–Crippen MR) is 138 cm³/mol. The molecule has 3 aromatic rings. The molecule has 184 valence electrons. The van der Waals surface area contributed by atoms with Crippen LogP contribution in [0.1, 0.15) is 55.5 Å². The molecule has 4 nitrogen and oxygen atoms in total. The van der Waals surface area contributed by atoms with Crippen molar-refractivity contribution in [1.82, 2.24) is 14.8 Å². The summed E-state index contributed by atoms with van der Waals surface area (Å²) in [7, 11) is 0. The molecular formula is C30H36FN3O. The summed E-state index contributed by atoms with van der Waals surface area (Å²) in [4.78, 5) is 9.00. The fourth-order valence-electron chi connectivity index (χ4n) is 7.76. The van der Waals surface area contributed by atoms with Gasteiger partial charge in [-0.25, -0.2) is 0 Å². The van der Waals surface area contributed by atoms with Crippen LogP contribution in [0.25, 0.3) is 10.9 Å². The summed E-state index contributed by atoms with van der Waals surface area (Å²) in [6.07, 6.45) is 6.58. The van der Waals surface area contributed by atoms with Crippen LogP contribution in [-0.2, 0) is 6.42 Å². The highest BCUT2D eigenvalue weighted by Gasteiger charge is 2.58. The van der Waals surface area contributed by atoms with Crippen LogP contribution in [0.3, 0.4) is 0 Å². The van der Waals surface area contributed by atoms with Gasteiger partial charge in [-0.15, -0.1) is 0 Å². The monoisotopic (exact) mass is 473 g/mol. The summed E-state index contributed by atoms with van der Waals surface area (Å²) in [5.74, 6) is 2.09. The minimum atomic E-state index is -0.199. The maximum Gasteiger partial charge on any atom is 0.119 e. The van der Waals surface area contributed by atoms with E-state index in [-0.39, 0.29) is 18.6 Å². The number of para-hydroxylation sites is 1. The number of ether oxygens (including phenoxy) is 1. The molecule has 1 N–H and O–H groups in total. The summed E-state index contributed by atoms with van der Waals surface area (Å²) in [6, 6.07) is 18.4. The lowest BCUT2D eigenvalue weighted by atomic mass is 9.72. The summed E-state index contributed by atoms with van der Waals surface area (Å²) in [5.41, 5.74) is 5.87. The molecule has 0 unspecified atom stereocenters. The normalized spacial score (nSPS) is 30.7. The number of H-pyrrole nitrogens is 1. The molecule has 0 radical (unpaired) electrons. The zero-order chi connectivity index (χ0) is 23.6. The van der Waals surface area contributed by atoms with E-state index in [1.807, 2.05) is 0 Å². The molecule has 5 aliphatic rings. The highest BCUT2D eigenvalue weighted by atomic mass is 19.1. The standard InChI is InChI=1S/C30H36FN3O/c1-20-14-26-25-4-2-3-5-27(25)32-28(26)29(34(20)30-11-10-21(15-30)16-30)23-6-8-24(9-7-23)35-13-12-33-18-22(17-31)19-33/h2-9,20-22,29,32H,10-19H2,1H3/t20-,21?,29-,30?/m1/s1. The van der Waals surface area contributed by atoms with E-state index in [1.165, 1.54) is 53.4 Å². The topological polar surface area (TPSA) is 31.5 Å². The first-order valence-corrected chi connectivity index (χ1v) is 13.5. The van der Waals surface area contributed by atoms with Crippen LogP contribution in [0.2, 0.25) is 0 Å². The molecule has 3 heterocycles. The van der Waals surface area contributed by atoms with Crippen molar-refractivity contribution in [1.29, 1.82) is 0 Å². The first-order valence-electron chi connectivity index (χ1n) is 13.5. The van der Waals surface area contributed by atoms with Gasteiger partial charge >= 0.3 is 0 Å². The Labute approximate surface area is 207 Å². The molecule has 1 saturated heterocycles. The molecule has 1 aromatic heterocycles. The molecular weight excluding hydrogens is 437 g/mol. The van der Waals surface area contributed by atoms with Crippen LogP contribution in [0.4, 0.5) is 4.39 Å². The summed E-state index contributed by atoms with van der Waals surface area (Å²) < 4.78 is 18.7. The van der Waals surface area contributed by atoms with Crippen molar-refractivity contribution in [2.75, 3.05) is 32.9 Å². The van der Waals surface area contributed by atoms with E-state index in [1.54, 1.807) is 0 Å². The predicted octanol–water partition coefficient (Wildman–Crippen LogP) is 5.73. The minimum absolute atomic E-state index is 0.199. The molecule has 0 amide bonds. The lowest BCUT2D eigenvalue weighted by Crippen LogP contribution is -2.59. The van der Waals surface area contributed by atoms with Gasteiger partial charge in [0.1, 0.15) is 12.4 Å². The van der Waals surface area contributed by atoms with E-state index in [4.69, 9.17) is 4.74 Å². The van der Waals surface area contributed by atoms with Gasteiger partial charge in [0.25, 0.3) is 0 Å². The Morgan fingerprint density at radius 1 is 1.09 bits per heavy atom. The molecule has 0 spiro atoms. The second-order valence-corrected chi connectivity index (χ2v) is 11.7. The van der Waals surface area contributed by atoms with Gasteiger partial charge in [-0.05, 0) is 74.3 Å². The fraction of sp³-hybridized carbons (Fsp3) is 0.533. The van der Waals surface area contributed by atoms with Crippen molar-refractivity contribution in [3.63, 3.8) is 0 Å². The molecule has 3 saturated carbocycles. The Kier molecular flexibility index (Phi) is 5.22. The van der Waals surface area contributed by atoms with Crippen molar-refractivity contribution in [2.45, 2.75) is 56.7 Å². The highest BCUT2D eigenvalue weighted by Crippen LogP contribution is 2.60. The summed E-state index contributed by atoms with van der Waals surface area (Å²) in [6.45, 7) is 5.50. The quantitative estimate of drug-likeness (QED) is 0.476. The van der Waals surface area contributed by atoms with Crippen LogP contribution in [0.5, 0.6) is 5.75 Å². The number of likely N-dealkylation sites (tertiary alicyclic amines) is 1. The first kappa shape index (κ1) is 21.9. The molecule has 5 heteroatoms.